The Bertz CT molecular complexity index is 483. The second-order valence-electron chi connectivity index (χ2n) is 4.47. The third-order valence-electron chi connectivity index (χ3n) is 2.66. The van der Waals surface area contributed by atoms with Crippen LogP contribution in [0.4, 0.5) is 13.2 Å². The van der Waals surface area contributed by atoms with Gasteiger partial charge >= 0.3 is 6.18 Å². The molecule has 1 nitrogen and oxygen atoms in total. The van der Waals surface area contributed by atoms with E-state index >= 15 is 0 Å². The summed E-state index contributed by atoms with van der Waals surface area (Å²) in [4.78, 5) is 0. The van der Waals surface area contributed by atoms with Gasteiger partial charge in [0.25, 0.3) is 0 Å². The molecule has 5 heteroatoms. The fourth-order valence-corrected chi connectivity index (χ4v) is 1.63. The predicted octanol–water partition coefficient (Wildman–Crippen LogP) is 4.88. The quantitative estimate of drug-likeness (QED) is 0.764. The SMILES string of the molecule is C/C(Cl)=C\C=C(/C)NCCc1ccc(C(F)(F)F)cc1. The second kappa shape index (κ2) is 7.39. The lowest BCUT2D eigenvalue weighted by atomic mass is 10.1. The number of rotatable bonds is 5. The van der Waals surface area contributed by atoms with E-state index in [9.17, 15) is 13.2 Å². The van der Waals surface area contributed by atoms with Crippen LogP contribution in [-0.2, 0) is 12.6 Å². The number of hydrogen-bond acceptors (Lipinski definition) is 1. The first kappa shape index (κ1) is 16.6. The Balaban J connectivity index is 2.47. The van der Waals surface area contributed by atoms with E-state index in [4.69, 9.17) is 11.6 Å². The molecule has 0 heterocycles. The van der Waals surface area contributed by atoms with Gasteiger partial charge in [-0.3, -0.25) is 0 Å². The molecule has 1 N–H and O–H groups in total. The number of hydrogen-bond donors (Lipinski definition) is 1. The lowest BCUT2D eigenvalue weighted by Gasteiger charge is -2.09. The zero-order valence-corrected chi connectivity index (χ0v) is 12.1. The second-order valence-corrected chi connectivity index (χ2v) is 5.07. The highest BCUT2D eigenvalue weighted by atomic mass is 35.5. The molecular weight excluding hydrogens is 287 g/mol. The van der Waals surface area contributed by atoms with E-state index in [0.29, 0.717) is 18.0 Å². The van der Waals surface area contributed by atoms with E-state index in [1.165, 1.54) is 12.1 Å². The van der Waals surface area contributed by atoms with Crippen LogP contribution in [0.5, 0.6) is 0 Å². The lowest BCUT2D eigenvalue weighted by molar-refractivity contribution is -0.137. The van der Waals surface area contributed by atoms with Gasteiger partial charge in [-0.15, -0.1) is 0 Å². The van der Waals surface area contributed by atoms with Crippen molar-refractivity contribution in [2.24, 2.45) is 0 Å². The summed E-state index contributed by atoms with van der Waals surface area (Å²) in [6.45, 7) is 4.35. The maximum Gasteiger partial charge on any atom is 0.416 e. The fourth-order valence-electron chi connectivity index (χ4n) is 1.56. The van der Waals surface area contributed by atoms with Crippen molar-refractivity contribution in [3.05, 3.63) is 58.3 Å². The number of alkyl halides is 3. The first-order valence-corrected chi connectivity index (χ1v) is 6.57. The molecule has 0 saturated heterocycles. The zero-order chi connectivity index (χ0) is 15.2. The largest absolute Gasteiger partial charge is 0.416 e. The minimum Gasteiger partial charge on any atom is -0.388 e. The van der Waals surface area contributed by atoms with E-state index in [-0.39, 0.29) is 0 Å². The van der Waals surface area contributed by atoms with Crippen LogP contribution in [0.2, 0.25) is 0 Å². The summed E-state index contributed by atoms with van der Waals surface area (Å²) in [5.74, 6) is 0. The molecule has 0 aliphatic carbocycles. The first-order valence-electron chi connectivity index (χ1n) is 6.20. The third-order valence-corrected chi connectivity index (χ3v) is 2.79. The molecule has 0 aliphatic rings. The van der Waals surface area contributed by atoms with E-state index in [0.717, 1.165) is 23.4 Å². The summed E-state index contributed by atoms with van der Waals surface area (Å²) in [7, 11) is 0. The predicted molar refractivity (Wildman–Crippen MR) is 76.5 cm³/mol. The molecule has 0 aliphatic heterocycles. The summed E-state index contributed by atoms with van der Waals surface area (Å²) in [6.07, 6.45) is 0.0197. The summed E-state index contributed by atoms with van der Waals surface area (Å²) in [5.41, 5.74) is 1.20. The van der Waals surface area contributed by atoms with Crippen LogP contribution in [0.1, 0.15) is 25.0 Å². The van der Waals surface area contributed by atoms with Crippen molar-refractivity contribution >= 4 is 11.6 Å². The van der Waals surface area contributed by atoms with Crippen molar-refractivity contribution in [1.82, 2.24) is 5.32 Å². The molecule has 0 radical (unpaired) electrons. The zero-order valence-electron chi connectivity index (χ0n) is 11.4. The Morgan fingerprint density at radius 2 is 1.75 bits per heavy atom. The maximum atomic E-state index is 12.4. The smallest absolute Gasteiger partial charge is 0.388 e. The van der Waals surface area contributed by atoms with E-state index in [1.54, 1.807) is 13.0 Å². The van der Waals surface area contributed by atoms with Gasteiger partial charge in [-0.2, -0.15) is 13.2 Å². The summed E-state index contributed by atoms with van der Waals surface area (Å²) >= 11 is 5.70. The number of nitrogens with one attached hydrogen (secondary N) is 1. The van der Waals surface area contributed by atoms with Crippen LogP contribution < -0.4 is 5.32 Å². The van der Waals surface area contributed by atoms with Crippen LogP contribution in [-0.4, -0.2) is 6.54 Å². The lowest BCUT2D eigenvalue weighted by Crippen LogP contribution is -2.14. The number of allylic oxidation sites excluding steroid dienone is 4. The first-order chi connectivity index (χ1) is 9.29. The van der Waals surface area contributed by atoms with Crippen molar-refractivity contribution in [1.29, 1.82) is 0 Å². The van der Waals surface area contributed by atoms with Crippen LogP contribution in [0.25, 0.3) is 0 Å². The van der Waals surface area contributed by atoms with E-state index < -0.39 is 11.7 Å². The molecule has 0 unspecified atom stereocenters. The van der Waals surface area contributed by atoms with Crippen LogP contribution in [0.3, 0.4) is 0 Å². The molecule has 0 saturated carbocycles. The van der Waals surface area contributed by atoms with Crippen molar-refractivity contribution in [3.8, 4) is 0 Å². The molecule has 0 amide bonds. The molecule has 1 rings (SSSR count). The van der Waals surface area contributed by atoms with Gasteiger partial charge in [0.1, 0.15) is 0 Å². The van der Waals surface area contributed by atoms with Gasteiger partial charge in [-0.1, -0.05) is 23.7 Å². The average molecular weight is 304 g/mol. The van der Waals surface area contributed by atoms with E-state index in [1.807, 2.05) is 13.0 Å². The molecule has 1 aromatic carbocycles. The van der Waals surface area contributed by atoms with Gasteiger partial charge < -0.3 is 5.32 Å². The van der Waals surface area contributed by atoms with Crippen molar-refractivity contribution in [2.45, 2.75) is 26.4 Å². The number of benzene rings is 1. The highest BCUT2D eigenvalue weighted by molar-refractivity contribution is 6.29. The molecule has 0 aromatic heterocycles. The molecular formula is C15H17ClF3N. The maximum absolute atomic E-state index is 12.4. The monoisotopic (exact) mass is 303 g/mol. The van der Waals surface area contributed by atoms with Gasteiger partial charge in [-0.25, -0.2) is 0 Å². The Morgan fingerprint density at radius 3 is 2.25 bits per heavy atom. The minimum absolute atomic E-state index is 0.618. The molecule has 0 fully saturated rings. The molecule has 1 aromatic rings. The molecule has 0 atom stereocenters. The summed E-state index contributed by atoms with van der Waals surface area (Å²) in [5, 5.41) is 3.86. The molecule has 0 spiro atoms. The van der Waals surface area contributed by atoms with Crippen LogP contribution in [0, 0.1) is 0 Å². The van der Waals surface area contributed by atoms with Gasteiger partial charge in [0.15, 0.2) is 0 Å². The topological polar surface area (TPSA) is 12.0 Å². The Kier molecular flexibility index (Phi) is 6.14. The third kappa shape index (κ3) is 6.15. The van der Waals surface area contributed by atoms with Gasteiger partial charge in [-0.05, 0) is 50.1 Å². The van der Waals surface area contributed by atoms with Crippen molar-refractivity contribution < 1.29 is 13.2 Å². The minimum atomic E-state index is -4.28. The van der Waals surface area contributed by atoms with Crippen molar-refractivity contribution in [2.75, 3.05) is 6.54 Å². The highest BCUT2D eigenvalue weighted by Gasteiger charge is 2.29. The average Bonchev–Trinajstić information content (AvgIpc) is 2.36. The van der Waals surface area contributed by atoms with Crippen LogP contribution in [0.15, 0.2) is 47.1 Å². The standard InChI is InChI=1S/C15H17ClF3N/c1-11(16)3-4-12(2)20-10-9-13-5-7-14(8-6-13)15(17,18)19/h3-8,20H,9-10H2,1-2H3/b11-3+,12-4+. The summed E-state index contributed by atoms with van der Waals surface area (Å²) in [6, 6.07) is 5.23. The highest BCUT2D eigenvalue weighted by Crippen LogP contribution is 2.29. The molecule has 0 bridgehead atoms. The van der Waals surface area contributed by atoms with Crippen LogP contribution >= 0.6 is 11.6 Å². The van der Waals surface area contributed by atoms with Gasteiger partial charge in [0, 0.05) is 17.3 Å². The van der Waals surface area contributed by atoms with E-state index in [2.05, 4.69) is 5.32 Å². The van der Waals surface area contributed by atoms with Gasteiger partial charge in [0.2, 0.25) is 0 Å². The van der Waals surface area contributed by atoms with Gasteiger partial charge in [0.05, 0.1) is 5.56 Å². The summed E-state index contributed by atoms with van der Waals surface area (Å²) < 4.78 is 37.2. The van der Waals surface area contributed by atoms with Crippen molar-refractivity contribution in [3.63, 3.8) is 0 Å². The Morgan fingerprint density at radius 1 is 1.15 bits per heavy atom. The Hall–Kier alpha value is -1.42. The fraction of sp³-hybridized carbons (Fsp3) is 0.333. The molecule has 20 heavy (non-hydrogen) atoms. The molecule has 110 valence electrons. The normalized spacial score (nSPS) is 13.5. The number of halogens is 4. The Labute approximate surface area is 122 Å².